The van der Waals surface area contributed by atoms with E-state index in [-0.39, 0.29) is 11.8 Å². The number of allylic oxidation sites excluding steroid dienone is 1. The molecular formula is C32H38F3N3O3. The van der Waals surface area contributed by atoms with E-state index in [1.165, 1.54) is 5.57 Å². The molecule has 0 spiro atoms. The van der Waals surface area contributed by atoms with Gasteiger partial charge in [-0.25, -0.2) is 4.98 Å². The number of esters is 1. The van der Waals surface area contributed by atoms with Gasteiger partial charge in [-0.15, -0.1) is 0 Å². The molecule has 6 nitrogen and oxygen atoms in total. The monoisotopic (exact) mass is 569 g/mol. The van der Waals surface area contributed by atoms with Gasteiger partial charge in [0.25, 0.3) is 0 Å². The van der Waals surface area contributed by atoms with Crippen LogP contribution in [0, 0.1) is 11.8 Å². The van der Waals surface area contributed by atoms with Gasteiger partial charge in [0.2, 0.25) is 0 Å². The van der Waals surface area contributed by atoms with E-state index < -0.39 is 24.2 Å². The molecule has 9 heteroatoms. The Morgan fingerprint density at radius 3 is 2.68 bits per heavy atom. The summed E-state index contributed by atoms with van der Waals surface area (Å²) in [6, 6.07) is 15.9. The van der Waals surface area contributed by atoms with E-state index in [4.69, 9.17) is 9.47 Å². The number of hydrogen-bond acceptors (Lipinski definition) is 5. The van der Waals surface area contributed by atoms with Gasteiger partial charge in [0.15, 0.2) is 0 Å². The van der Waals surface area contributed by atoms with Crippen molar-refractivity contribution in [1.82, 2.24) is 14.9 Å². The minimum absolute atomic E-state index is 0.118. The number of alkyl halides is 3. The summed E-state index contributed by atoms with van der Waals surface area (Å²) in [5.41, 5.74) is 3.17. The van der Waals surface area contributed by atoms with Gasteiger partial charge in [-0.3, -0.25) is 4.79 Å². The Labute approximate surface area is 238 Å². The van der Waals surface area contributed by atoms with Gasteiger partial charge in [-0.1, -0.05) is 48.9 Å². The van der Waals surface area contributed by atoms with Crippen LogP contribution in [0.4, 0.5) is 13.2 Å². The van der Waals surface area contributed by atoms with E-state index in [0.29, 0.717) is 19.4 Å². The fraction of sp³-hybridized carbons (Fsp3) is 0.500. The zero-order chi connectivity index (χ0) is 29.0. The molecule has 3 atom stereocenters. The largest absolute Gasteiger partial charge is 0.494 e. The number of H-pyrrole nitrogens is 1. The third-order valence-electron chi connectivity index (χ3n) is 8.54. The smallest absolute Gasteiger partial charge is 0.399 e. The van der Waals surface area contributed by atoms with E-state index in [9.17, 15) is 18.0 Å². The Morgan fingerprint density at radius 2 is 1.93 bits per heavy atom. The van der Waals surface area contributed by atoms with Crippen molar-refractivity contribution in [3.05, 3.63) is 66.0 Å². The van der Waals surface area contributed by atoms with Gasteiger partial charge < -0.3 is 19.4 Å². The highest BCUT2D eigenvalue weighted by Gasteiger charge is 2.49. The van der Waals surface area contributed by atoms with Crippen molar-refractivity contribution in [2.75, 3.05) is 27.2 Å². The number of para-hydroxylation sites is 1. The van der Waals surface area contributed by atoms with Crippen LogP contribution >= 0.6 is 0 Å². The zero-order valence-corrected chi connectivity index (χ0v) is 23.7. The molecule has 0 saturated heterocycles. The van der Waals surface area contributed by atoms with Crippen molar-refractivity contribution in [2.45, 2.75) is 63.1 Å². The van der Waals surface area contributed by atoms with Crippen molar-refractivity contribution in [2.24, 2.45) is 11.8 Å². The predicted molar refractivity (Wildman–Crippen MR) is 152 cm³/mol. The van der Waals surface area contributed by atoms with E-state index in [1.807, 2.05) is 43.4 Å². The first-order valence-corrected chi connectivity index (χ1v) is 14.4. The second-order valence-electron chi connectivity index (χ2n) is 11.5. The van der Waals surface area contributed by atoms with E-state index >= 15 is 0 Å². The van der Waals surface area contributed by atoms with Gasteiger partial charge in [0.1, 0.15) is 29.1 Å². The molecule has 41 heavy (non-hydrogen) atoms. The van der Waals surface area contributed by atoms with Crippen LogP contribution in [0.25, 0.3) is 16.6 Å². The Balaban J connectivity index is 1.27. The van der Waals surface area contributed by atoms with Crippen LogP contribution in [0.2, 0.25) is 0 Å². The number of imidazole rings is 1. The Kier molecular flexibility index (Phi) is 8.73. The lowest BCUT2D eigenvalue weighted by Crippen LogP contribution is -2.47. The lowest BCUT2D eigenvalue weighted by atomic mass is 9.69. The third-order valence-corrected chi connectivity index (χ3v) is 8.54. The number of rotatable bonds is 11. The predicted octanol–water partition coefficient (Wildman–Crippen LogP) is 6.96. The Hall–Kier alpha value is -3.33. The summed E-state index contributed by atoms with van der Waals surface area (Å²) >= 11 is 0. The van der Waals surface area contributed by atoms with Crippen LogP contribution in [0.1, 0.15) is 56.3 Å². The summed E-state index contributed by atoms with van der Waals surface area (Å²) in [6.07, 6.45) is 1.38. The number of carbonyl (C=O) groups excluding carboxylic acids is 1. The second-order valence-corrected chi connectivity index (χ2v) is 11.5. The van der Waals surface area contributed by atoms with Crippen LogP contribution in [-0.2, 0) is 16.0 Å². The maximum Gasteiger partial charge on any atom is 0.399 e. The van der Waals surface area contributed by atoms with Crippen molar-refractivity contribution < 1.29 is 27.4 Å². The molecule has 1 aromatic heterocycles. The number of halogens is 3. The third kappa shape index (κ3) is 6.94. The number of fused-ring (bicyclic) bond motifs is 4. The zero-order valence-electron chi connectivity index (χ0n) is 23.7. The minimum atomic E-state index is -4.59. The Morgan fingerprint density at radius 1 is 1.12 bits per heavy atom. The number of aryl methyl sites for hydroxylation is 1. The molecule has 0 unspecified atom stereocenters. The molecule has 3 aliphatic rings. The van der Waals surface area contributed by atoms with Crippen molar-refractivity contribution in [1.29, 1.82) is 0 Å². The second kappa shape index (κ2) is 12.3. The van der Waals surface area contributed by atoms with E-state index in [2.05, 4.69) is 33.1 Å². The highest BCUT2D eigenvalue weighted by Crippen LogP contribution is 2.51. The summed E-state index contributed by atoms with van der Waals surface area (Å²) < 4.78 is 50.6. The number of methoxy groups -OCH3 is 1. The highest BCUT2D eigenvalue weighted by molar-refractivity contribution is 5.81. The number of benzene rings is 2. The summed E-state index contributed by atoms with van der Waals surface area (Å²) in [4.78, 5) is 22.8. The highest BCUT2D eigenvalue weighted by atomic mass is 19.4. The molecule has 1 saturated carbocycles. The maximum absolute atomic E-state index is 13.1. The Bertz CT molecular complexity index is 1370. The summed E-state index contributed by atoms with van der Waals surface area (Å²) in [7, 11) is 3.64. The molecule has 220 valence electrons. The number of nitrogens with zero attached hydrogens (tertiary/aromatic N) is 2. The minimum Gasteiger partial charge on any atom is -0.494 e. The number of aromatic nitrogens is 2. The van der Waals surface area contributed by atoms with Crippen molar-refractivity contribution in [3.63, 3.8) is 0 Å². The summed E-state index contributed by atoms with van der Waals surface area (Å²) in [5, 5.41) is 0. The lowest BCUT2D eigenvalue weighted by molar-refractivity contribution is -0.189. The first-order valence-electron chi connectivity index (χ1n) is 14.4. The van der Waals surface area contributed by atoms with Crippen molar-refractivity contribution in [3.8, 4) is 5.75 Å². The number of ether oxygens (including phenoxy) is 2. The van der Waals surface area contributed by atoms with Crippen LogP contribution in [0.3, 0.4) is 0 Å². The van der Waals surface area contributed by atoms with Gasteiger partial charge >= 0.3 is 12.1 Å². The molecule has 1 heterocycles. The SMILES string of the molecule is COc1cccc2[nH]c(CCCN(C)CC[C@]3(OC(=O)CC(F)(F)F)C[C@H]4CCC[C@@H]3C=C4c3ccccc3)nc12. The van der Waals surface area contributed by atoms with E-state index in [0.717, 1.165) is 66.8 Å². The molecule has 3 aliphatic carbocycles. The molecule has 0 aliphatic heterocycles. The van der Waals surface area contributed by atoms with E-state index in [1.54, 1.807) is 7.11 Å². The number of nitrogens with one attached hydrogen (secondary N) is 1. The van der Waals surface area contributed by atoms with Gasteiger partial charge in [0.05, 0.1) is 12.6 Å². The van der Waals surface area contributed by atoms with Crippen LogP contribution in [0.15, 0.2) is 54.6 Å². The molecule has 0 radical (unpaired) electrons. The number of carbonyl (C=O) groups is 1. The lowest BCUT2D eigenvalue weighted by Gasteiger charge is -2.44. The molecule has 1 fully saturated rings. The first kappa shape index (κ1) is 29.2. The van der Waals surface area contributed by atoms with Gasteiger partial charge in [-0.2, -0.15) is 13.2 Å². The maximum atomic E-state index is 13.1. The van der Waals surface area contributed by atoms with Crippen molar-refractivity contribution >= 4 is 22.6 Å². The standard InChI is InChI=1S/C32H38F3N3O3/c1-38(17-8-15-28-36-26-13-7-14-27(40-2)30(26)37-28)18-16-31(41-29(39)21-32(33,34)35)20-23-11-6-12-24(31)19-25(23)22-9-4-3-5-10-22/h3-5,7,9-10,13-14,19,23-24H,6,8,11-12,15-18,20-21H2,1-2H3,(H,36,37)/t23-,24-,31+/m1/s1. The number of hydrogen-bond donors (Lipinski definition) is 1. The molecule has 3 aromatic rings. The summed E-state index contributed by atoms with van der Waals surface area (Å²) in [5.74, 6) is 0.463. The topological polar surface area (TPSA) is 67.4 Å². The summed E-state index contributed by atoms with van der Waals surface area (Å²) in [6.45, 7) is 1.39. The van der Waals surface area contributed by atoms with Crippen LogP contribution in [0.5, 0.6) is 5.75 Å². The van der Waals surface area contributed by atoms with Gasteiger partial charge in [0, 0.05) is 25.3 Å². The molecule has 6 rings (SSSR count). The average Bonchev–Trinajstić information content (AvgIpc) is 3.13. The molecule has 1 N–H and O–H groups in total. The molecule has 0 amide bonds. The normalized spacial score (nSPS) is 22.5. The fourth-order valence-corrected chi connectivity index (χ4v) is 6.56. The number of aromatic amines is 1. The average molecular weight is 570 g/mol. The van der Waals surface area contributed by atoms with Crippen LogP contribution < -0.4 is 4.74 Å². The molecule has 2 bridgehead atoms. The van der Waals surface area contributed by atoms with Gasteiger partial charge in [-0.05, 0) is 68.5 Å². The molecular weight excluding hydrogens is 531 g/mol. The van der Waals surface area contributed by atoms with Crippen LogP contribution in [-0.4, -0.2) is 59.9 Å². The quantitative estimate of drug-likeness (QED) is 0.253. The first-order chi connectivity index (χ1) is 19.7. The molecule has 2 aromatic carbocycles. The fourth-order valence-electron chi connectivity index (χ4n) is 6.56.